The molecular formula is C91H81N17O24. The summed E-state index contributed by atoms with van der Waals surface area (Å²) in [6.45, 7) is 4.90. The standard InChI is InChI=1S/C27H27N5O6.C22H18N4O7.C21H17N5O6.C21H19N3O5/c1-16(33)30-7-9-31(10-8-30)23-6-5-21-20(28-23)12-22(38-21)27(13-24(34)29-26(27)36)15-32-14-17-3-4-18(37-2)11-19(17)25(32)35;1-32-14-4-2-12-9-26(19(28)15(12)8-14)10-22(20(29)23-21(30)24-22)17-7-13-6-11(18(27)25-31)3-5-16(13)33-17;1-31-11-3-2-10-8-26(18(28)12(10)6-11)9-21(19(29)24-20(30)25-21)15-7-13-14(32-15)4-5-23-16(13)17(22)27;1-29-15-7-4-13-10-24(19(27)16(13)8-15)11-21(9-17(25)23-20(21)28)14-5-2-12(3-6-14)18(22)26/h3-6,11-12H,7-10,13-15H2,1-2H3,(H,29,34,36);2-8,31H,9-10H2,1H3,(H,25,27)(H2,23,24,29,30);2-7H,8-9H2,1H3,(H2,22,27)(H2,24,25,29,30);2-8H,9-11H2,1H3,(H2,22,26)(H,23,25,28)/t27-;22-;2*21-/m1001/s1. The van der Waals surface area contributed by atoms with E-state index in [4.69, 9.17) is 53.9 Å². The summed E-state index contributed by atoms with van der Waals surface area (Å²) in [4.78, 5) is 218. The van der Waals surface area contributed by atoms with Gasteiger partial charge in [-0.05, 0) is 137 Å². The van der Waals surface area contributed by atoms with Gasteiger partial charge in [0.1, 0.15) is 79.3 Å². The first kappa shape index (κ1) is 87.2. The second-order valence-electron chi connectivity index (χ2n) is 32.6. The van der Waals surface area contributed by atoms with Crippen LogP contribution in [0.5, 0.6) is 23.0 Å². The molecule has 5 saturated heterocycles. The third-order valence-electron chi connectivity index (χ3n) is 24.7. The Kier molecular flexibility index (Phi) is 22.5. The van der Waals surface area contributed by atoms with Crippen molar-refractivity contribution in [1.29, 1.82) is 0 Å². The molecule has 5 aromatic heterocycles. The van der Waals surface area contributed by atoms with Crippen LogP contribution in [-0.2, 0) is 81.6 Å². The number of carbonyl (C=O) groups is 16. The van der Waals surface area contributed by atoms with Crippen LogP contribution in [0, 0.1) is 0 Å². The zero-order valence-corrected chi connectivity index (χ0v) is 71.0. The van der Waals surface area contributed by atoms with Crippen LogP contribution < -0.4 is 72.7 Å². The lowest BCUT2D eigenvalue weighted by atomic mass is 9.78. The van der Waals surface area contributed by atoms with E-state index in [2.05, 4.69) is 41.8 Å². The number of benzene rings is 6. The van der Waals surface area contributed by atoms with Crippen molar-refractivity contribution in [1.82, 2.24) is 71.8 Å². The van der Waals surface area contributed by atoms with E-state index in [-0.39, 0.29) is 110 Å². The molecule has 0 aliphatic carbocycles. The number of hydroxylamine groups is 1. The van der Waals surface area contributed by atoms with Crippen molar-refractivity contribution in [2.24, 2.45) is 11.5 Å². The lowest BCUT2D eigenvalue weighted by Crippen LogP contribution is -2.52. The summed E-state index contributed by atoms with van der Waals surface area (Å²) in [5.74, 6) is -2.82. The minimum Gasteiger partial charge on any atom is -0.497 e. The Labute approximate surface area is 746 Å². The normalized spacial score (nSPS) is 20.3. The van der Waals surface area contributed by atoms with E-state index >= 15 is 0 Å². The molecule has 41 nitrogen and oxygen atoms in total. The lowest BCUT2D eigenvalue weighted by Gasteiger charge is -2.34. The molecule has 0 spiro atoms. The Bertz CT molecular complexity index is 6810. The van der Waals surface area contributed by atoms with Gasteiger partial charge in [0.25, 0.3) is 47.3 Å². The van der Waals surface area contributed by atoms with Crippen LogP contribution in [0.1, 0.15) is 137 Å². The van der Waals surface area contributed by atoms with Crippen LogP contribution in [0.15, 0.2) is 171 Å². The number of urea groups is 2. The highest BCUT2D eigenvalue weighted by molar-refractivity contribution is 6.14. The Hall–Kier alpha value is -16.9. The first-order valence-corrected chi connectivity index (χ1v) is 41.1. The van der Waals surface area contributed by atoms with E-state index in [9.17, 15) is 76.7 Å². The minimum atomic E-state index is -1.70. The molecular weight excluding hydrogens is 1720 g/mol. The third kappa shape index (κ3) is 15.7. The van der Waals surface area contributed by atoms with Crippen molar-refractivity contribution in [2.75, 3.05) is 85.7 Å². The molecule has 18 amide bonds. The molecule has 5 fully saturated rings. The minimum absolute atomic E-state index is 0.0138. The fourth-order valence-corrected chi connectivity index (χ4v) is 17.8. The van der Waals surface area contributed by atoms with E-state index < -0.39 is 87.1 Å². The van der Waals surface area contributed by atoms with Gasteiger partial charge in [-0.1, -0.05) is 36.4 Å². The highest BCUT2D eigenvalue weighted by atomic mass is 16.5. The van der Waals surface area contributed by atoms with Gasteiger partial charge in [-0.15, -0.1) is 0 Å². The molecule has 11 aromatic rings. The summed E-state index contributed by atoms with van der Waals surface area (Å²) in [6.07, 6.45) is 1.14. The number of carbonyl (C=O) groups excluding carboxylic acids is 16. The van der Waals surface area contributed by atoms with E-state index in [0.717, 1.165) is 28.1 Å². The molecule has 0 radical (unpaired) electrons. The van der Waals surface area contributed by atoms with Gasteiger partial charge >= 0.3 is 12.1 Å². The molecule has 0 unspecified atom stereocenters. The number of fused-ring (bicyclic) bond motifs is 7. The van der Waals surface area contributed by atoms with Crippen LogP contribution >= 0.6 is 0 Å². The second-order valence-corrected chi connectivity index (χ2v) is 32.6. The van der Waals surface area contributed by atoms with Crippen molar-refractivity contribution in [2.45, 2.75) is 67.9 Å². The van der Waals surface area contributed by atoms with Gasteiger partial charge in [0.05, 0.1) is 53.3 Å². The number of rotatable bonds is 20. The number of nitrogens with two attached hydrogens (primary N) is 2. The molecule has 0 bridgehead atoms. The molecule has 132 heavy (non-hydrogen) atoms. The summed E-state index contributed by atoms with van der Waals surface area (Å²) < 4.78 is 38.7. The Balaban J connectivity index is 0.000000123. The summed E-state index contributed by atoms with van der Waals surface area (Å²) in [6, 6.07) is 39.9. The van der Waals surface area contributed by atoms with Crippen molar-refractivity contribution in [3.05, 3.63) is 242 Å². The number of amides is 18. The molecule has 41 heteroatoms. The Morgan fingerprint density at radius 2 is 0.894 bits per heavy atom. The van der Waals surface area contributed by atoms with Crippen molar-refractivity contribution < 1.29 is 114 Å². The summed E-state index contributed by atoms with van der Waals surface area (Å²) >= 11 is 0. The summed E-state index contributed by atoms with van der Waals surface area (Å²) in [7, 11) is 6.07. The zero-order valence-electron chi connectivity index (χ0n) is 71.0. The largest absolute Gasteiger partial charge is 0.497 e. The first-order valence-electron chi connectivity index (χ1n) is 41.1. The number of pyridine rings is 2. The fraction of sp³-hybridized carbons (Fsp3) is 0.253. The number of nitrogens with zero attached hydrogens (tertiary/aromatic N) is 8. The number of nitrogens with one attached hydrogen (secondary N) is 7. The molecule has 20 rings (SSSR count). The number of furan rings is 3. The number of primary amides is 2. The lowest BCUT2D eigenvalue weighted by molar-refractivity contribution is -0.129. The topological polar surface area (TPSA) is 551 Å². The number of piperazine rings is 1. The molecule has 0 saturated carbocycles. The maximum Gasteiger partial charge on any atom is 0.322 e. The number of hydrogen-bond donors (Lipinski definition) is 10. The van der Waals surface area contributed by atoms with Crippen LogP contribution in [0.3, 0.4) is 0 Å². The number of imide groups is 4. The fourth-order valence-electron chi connectivity index (χ4n) is 17.8. The number of anilines is 1. The van der Waals surface area contributed by atoms with Gasteiger partial charge in [0, 0.05) is 130 Å². The van der Waals surface area contributed by atoms with Gasteiger partial charge in [-0.25, -0.2) is 20.1 Å². The Morgan fingerprint density at radius 3 is 1.33 bits per heavy atom. The number of aromatic nitrogens is 2. The van der Waals surface area contributed by atoms with E-state index in [1.807, 2.05) is 18.2 Å². The maximum atomic E-state index is 13.3. The van der Waals surface area contributed by atoms with E-state index in [1.54, 1.807) is 112 Å². The maximum absolute atomic E-state index is 13.3. The van der Waals surface area contributed by atoms with Crippen LogP contribution in [0.4, 0.5) is 15.4 Å². The average Bonchev–Trinajstić information content (AvgIpc) is 1.59. The molecule has 674 valence electrons. The SMILES string of the molecule is COc1ccc2c(c1)C(=O)N(C[C@@]1(c3cc4c(C(N)=O)nccc4o3)NC(=O)NC1=O)C2.COc1ccc2c(c1)C(=O)N(C[C@@]1(c3cc4cc(C(=O)NO)ccc4o3)NC(=O)NC1=O)C2.COc1ccc2c(c1)C(=O)N(C[C@@]1(c3cc4nc(N5CCN(C(C)=O)CC5)ccc4o3)CC(=O)NC1=O)C2.COc1ccc2c(c1)C(=O)N(C[C@@]1(c3ccc(C(N)=O)cc3)CC(=O)NC1=O)C2. The average molecular weight is 1800 g/mol. The highest BCUT2D eigenvalue weighted by Gasteiger charge is 2.57. The van der Waals surface area contributed by atoms with Crippen LogP contribution in [-0.4, -0.2) is 215 Å². The van der Waals surface area contributed by atoms with Gasteiger partial charge in [-0.2, -0.15) is 0 Å². The predicted molar refractivity (Wildman–Crippen MR) is 458 cm³/mol. The molecule has 4 atom stereocenters. The summed E-state index contributed by atoms with van der Waals surface area (Å²) in [5, 5.41) is 24.0. The van der Waals surface area contributed by atoms with Crippen molar-refractivity contribution >= 4 is 134 Å². The van der Waals surface area contributed by atoms with Crippen LogP contribution in [0.25, 0.3) is 33.0 Å². The second kappa shape index (κ2) is 34.0. The number of ether oxygens (including phenoxy) is 4. The van der Waals surface area contributed by atoms with Gasteiger partial charge in [0.15, 0.2) is 16.7 Å². The van der Waals surface area contributed by atoms with Gasteiger partial charge in [0.2, 0.25) is 35.4 Å². The number of methoxy groups -OCH3 is 4. The molecule has 6 aromatic carbocycles. The third-order valence-corrected chi connectivity index (χ3v) is 24.7. The van der Waals surface area contributed by atoms with Gasteiger partial charge < -0.3 is 83.7 Å². The quantitative estimate of drug-likeness (QED) is 0.0223. The highest BCUT2D eigenvalue weighted by Crippen LogP contribution is 2.44. The van der Waals surface area contributed by atoms with Crippen LogP contribution in [0.2, 0.25) is 0 Å². The monoisotopic (exact) mass is 1800 g/mol. The number of hydrogen-bond acceptors (Lipinski definition) is 27. The van der Waals surface area contributed by atoms with Crippen molar-refractivity contribution in [3.8, 4) is 23.0 Å². The molecule has 12 N–H and O–H groups in total. The van der Waals surface area contributed by atoms with Crippen molar-refractivity contribution in [3.63, 3.8) is 0 Å². The summed E-state index contributed by atoms with van der Waals surface area (Å²) in [5.41, 5.74) is 14.1. The first-order chi connectivity index (χ1) is 63.3. The van der Waals surface area contributed by atoms with E-state index in [0.29, 0.717) is 129 Å². The molecule has 9 aliphatic rings. The molecule has 9 aliphatic heterocycles. The van der Waals surface area contributed by atoms with Gasteiger partial charge in [-0.3, -0.25) is 98.6 Å². The predicted octanol–water partition coefficient (Wildman–Crippen LogP) is 4.06. The molecule has 14 heterocycles. The zero-order chi connectivity index (χ0) is 93.3. The van der Waals surface area contributed by atoms with E-state index in [1.165, 1.54) is 93.0 Å². The Morgan fingerprint density at radius 1 is 0.455 bits per heavy atom. The smallest absolute Gasteiger partial charge is 0.322 e.